The van der Waals surface area contributed by atoms with Crippen molar-refractivity contribution in [2.45, 2.75) is 115 Å². The topological polar surface area (TPSA) is 123 Å². The van der Waals surface area contributed by atoms with Gasteiger partial charge < -0.3 is 29.5 Å². The van der Waals surface area contributed by atoms with Crippen LogP contribution in [0.5, 0.6) is 0 Å². The van der Waals surface area contributed by atoms with Gasteiger partial charge in [0.2, 0.25) is 0 Å². The molecule has 0 aromatic heterocycles. The first-order chi connectivity index (χ1) is 15.7. The molecule has 2 aliphatic heterocycles. The normalized spacial score (nSPS) is 44.6. The lowest BCUT2D eigenvalue weighted by Crippen LogP contribution is -2.58. The minimum Gasteiger partial charge on any atom is -0.459 e. The van der Waals surface area contributed by atoms with Crippen LogP contribution in [0.15, 0.2) is 12.2 Å². The maximum atomic E-state index is 12.7. The molecule has 8 nitrogen and oxygen atoms in total. The molecule has 0 amide bonds. The highest BCUT2D eigenvalue weighted by Crippen LogP contribution is 2.56. The maximum absolute atomic E-state index is 12.7. The smallest absolute Gasteiger partial charge is 0.306 e. The Morgan fingerprint density at radius 1 is 1.26 bits per heavy atom. The quantitative estimate of drug-likeness (QED) is 0.404. The van der Waals surface area contributed by atoms with E-state index in [1.165, 1.54) is 6.92 Å². The third-order valence-electron chi connectivity index (χ3n) is 8.15. The van der Waals surface area contributed by atoms with E-state index in [1.54, 1.807) is 6.92 Å². The van der Waals surface area contributed by atoms with E-state index in [1.807, 2.05) is 27.7 Å². The zero-order chi connectivity index (χ0) is 25.6. The third-order valence-corrected chi connectivity index (χ3v) is 8.15. The number of fused-ring (bicyclic) bond motifs is 5. The number of aliphatic hydroxyl groups excluding tert-OH is 2. The van der Waals surface area contributed by atoms with Gasteiger partial charge in [0.1, 0.15) is 23.9 Å². The minimum atomic E-state index is -1.44. The highest BCUT2D eigenvalue weighted by molar-refractivity contribution is 5.70. The van der Waals surface area contributed by atoms with Gasteiger partial charge >= 0.3 is 11.9 Å². The van der Waals surface area contributed by atoms with Crippen LogP contribution in [0.4, 0.5) is 0 Å². The third kappa shape index (κ3) is 4.92. The molecule has 34 heavy (non-hydrogen) atoms. The van der Waals surface area contributed by atoms with Gasteiger partial charge in [-0.1, -0.05) is 27.4 Å². The number of rotatable bonds is 5. The van der Waals surface area contributed by atoms with Gasteiger partial charge in [-0.3, -0.25) is 9.59 Å². The summed E-state index contributed by atoms with van der Waals surface area (Å²) in [5, 5.41) is 33.1. The van der Waals surface area contributed by atoms with E-state index in [-0.39, 0.29) is 48.9 Å². The lowest BCUT2D eigenvalue weighted by Gasteiger charge is -2.50. The van der Waals surface area contributed by atoms with Gasteiger partial charge in [-0.25, -0.2) is 0 Å². The fourth-order valence-corrected chi connectivity index (χ4v) is 6.49. The first-order valence-corrected chi connectivity index (χ1v) is 12.5. The van der Waals surface area contributed by atoms with Gasteiger partial charge in [0, 0.05) is 37.5 Å². The maximum Gasteiger partial charge on any atom is 0.306 e. The van der Waals surface area contributed by atoms with Crippen molar-refractivity contribution in [2.24, 2.45) is 23.7 Å². The van der Waals surface area contributed by atoms with Crippen LogP contribution in [0.1, 0.15) is 73.6 Å². The first kappa shape index (κ1) is 27.1. The number of ether oxygens (including phenoxy) is 3. The van der Waals surface area contributed by atoms with E-state index < -0.39 is 47.7 Å². The van der Waals surface area contributed by atoms with Gasteiger partial charge in [-0.2, -0.15) is 0 Å². The predicted molar refractivity (Wildman–Crippen MR) is 125 cm³/mol. The number of aliphatic hydroxyl groups is 3. The Hall–Kier alpha value is -1.48. The summed E-state index contributed by atoms with van der Waals surface area (Å²) in [6, 6.07) is 0. The molecule has 2 heterocycles. The molecule has 2 bridgehead atoms. The van der Waals surface area contributed by atoms with Crippen molar-refractivity contribution < 1.29 is 39.1 Å². The van der Waals surface area contributed by atoms with Crippen LogP contribution >= 0.6 is 0 Å². The minimum absolute atomic E-state index is 0.00841. The molecular formula is C26H42O8. The molecular weight excluding hydrogens is 440 g/mol. The highest BCUT2D eigenvalue weighted by Gasteiger charge is 2.64. The highest BCUT2D eigenvalue weighted by atomic mass is 16.6. The summed E-state index contributed by atoms with van der Waals surface area (Å²) in [6.07, 6.45) is -2.51. The summed E-state index contributed by atoms with van der Waals surface area (Å²) >= 11 is 0. The molecule has 3 fully saturated rings. The van der Waals surface area contributed by atoms with Gasteiger partial charge in [0.05, 0.1) is 17.8 Å². The van der Waals surface area contributed by atoms with Crippen molar-refractivity contribution in [3.8, 4) is 0 Å². The molecule has 3 rings (SSSR count). The van der Waals surface area contributed by atoms with Gasteiger partial charge in [0.15, 0.2) is 0 Å². The Morgan fingerprint density at radius 2 is 1.91 bits per heavy atom. The first-order valence-electron chi connectivity index (χ1n) is 12.5. The van der Waals surface area contributed by atoms with E-state index in [0.29, 0.717) is 18.4 Å². The molecule has 8 heteroatoms. The average molecular weight is 483 g/mol. The standard InChI is InChI=1S/C26H42O8/c1-8-9-18(29)34-26(7)11-10-17(28)25(6,31)12-16-20-14(4)22(30)23(32-15(5)27)19(13(2)3)21(20)24(26)33-16/h13,16-17,19-24,28,30-31H,4,8-12H2,1-3,5-7H3/t16-,17+,19-,20-,21-,22-,23+,24-,25+,26-/m1/s1. The second kappa shape index (κ2) is 9.88. The largest absolute Gasteiger partial charge is 0.459 e. The average Bonchev–Trinajstić information content (AvgIpc) is 3.08. The summed E-state index contributed by atoms with van der Waals surface area (Å²) in [5.74, 6) is -1.74. The lowest BCUT2D eigenvalue weighted by molar-refractivity contribution is -0.187. The zero-order valence-corrected chi connectivity index (χ0v) is 21.3. The van der Waals surface area contributed by atoms with Crippen molar-refractivity contribution >= 4 is 11.9 Å². The summed E-state index contributed by atoms with van der Waals surface area (Å²) in [6.45, 7) is 14.8. The van der Waals surface area contributed by atoms with Crippen LogP contribution in [0.25, 0.3) is 0 Å². The molecule has 2 saturated heterocycles. The molecule has 0 aromatic rings. The van der Waals surface area contributed by atoms with Crippen molar-refractivity contribution in [2.75, 3.05) is 0 Å². The fraction of sp³-hybridized carbons (Fsp3) is 0.846. The number of carbonyl (C=O) groups excluding carboxylic acids is 2. The van der Waals surface area contributed by atoms with Crippen LogP contribution < -0.4 is 0 Å². The van der Waals surface area contributed by atoms with Crippen LogP contribution in [-0.2, 0) is 23.8 Å². The lowest BCUT2D eigenvalue weighted by atomic mass is 9.58. The van der Waals surface area contributed by atoms with E-state index >= 15 is 0 Å². The van der Waals surface area contributed by atoms with Gasteiger partial charge in [-0.15, -0.1) is 0 Å². The molecule has 1 saturated carbocycles. The molecule has 0 spiro atoms. The zero-order valence-electron chi connectivity index (χ0n) is 21.3. The second-order valence-electron chi connectivity index (χ2n) is 11.3. The van der Waals surface area contributed by atoms with E-state index in [9.17, 15) is 24.9 Å². The van der Waals surface area contributed by atoms with Crippen molar-refractivity contribution in [1.29, 1.82) is 0 Å². The summed E-state index contributed by atoms with van der Waals surface area (Å²) < 4.78 is 18.3. The summed E-state index contributed by atoms with van der Waals surface area (Å²) in [4.78, 5) is 24.6. The number of hydrogen-bond acceptors (Lipinski definition) is 8. The van der Waals surface area contributed by atoms with E-state index in [4.69, 9.17) is 14.2 Å². The van der Waals surface area contributed by atoms with Crippen molar-refractivity contribution in [3.63, 3.8) is 0 Å². The summed E-state index contributed by atoms with van der Waals surface area (Å²) in [5.41, 5.74) is -2.04. The second-order valence-corrected chi connectivity index (χ2v) is 11.3. The Morgan fingerprint density at radius 3 is 2.47 bits per heavy atom. The van der Waals surface area contributed by atoms with Gasteiger partial charge in [0.25, 0.3) is 0 Å². The Balaban J connectivity index is 2.14. The molecule has 194 valence electrons. The Kier molecular flexibility index (Phi) is 7.88. The van der Waals surface area contributed by atoms with Gasteiger partial charge in [-0.05, 0) is 44.6 Å². The summed E-state index contributed by atoms with van der Waals surface area (Å²) in [7, 11) is 0. The fourth-order valence-electron chi connectivity index (χ4n) is 6.49. The molecule has 0 aromatic carbocycles. The Labute approximate surface area is 202 Å². The van der Waals surface area contributed by atoms with Crippen LogP contribution in [0.2, 0.25) is 0 Å². The van der Waals surface area contributed by atoms with E-state index in [2.05, 4.69) is 6.58 Å². The van der Waals surface area contributed by atoms with Crippen molar-refractivity contribution in [3.05, 3.63) is 12.2 Å². The SMILES string of the molecule is C=C1[C@H]2[C@@H]([C@@H](C(C)C)[C@H](OC(C)=O)[C@@H]1O)[C@H]1O[C@@H]2C[C@](C)(O)[C@@H](O)CC[C@@]1(C)OC(=O)CCC. The molecule has 3 N–H and O–H groups in total. The number of carbonyl (C=O) groups is 2. The van der Waals surface area contributed by atoms with Crippen molar-refractivity contribution in [1.82, 2.24) is 0 Å². The molecule has 10 atom stereocenters. The Bertz CT molecular complexity index is 792. The van der Waals surface area contributed by atoms with Crippen LogP contribution in [0.3, 0.4) is 0 Å². The molecule has 0 radical (unpaired) electrons. The van der Waals surface area contributed by atoms with Crippen LogP contribution in [-0.4, -0.2) is 69.0 Å². The molecule has 3 aliphatic rings. The number of hydrogen-bond donors (Lipinski definition) is 3. The predicted octanol–water partition coefficient (Wildman–Crippen LogP) is 2.52. The van der Waals surface area contributed by atoms with Crippen LogP contribution in [0, 0.1) is 23.7 Å². The molecule has 1 aliphatic carbocycles. The molecule has 0 unspecified atom stereocenters. The van der Waals surface area contributed by atoms with E-state index in [0.717, 1.165) is 0 Å². The number of esters is 2. The monoisotopic (exact) mass is 482 g/mol.